The van der Waals surface area contributed by atoms with Crippen LogP contribution >= 0.6 is 11.6 Å². The van der Waals surface area contributed by atoms with E-state index in [1.807, 2.05) is 62.6 Å². The normalized spacial score (nSPS) is 11.1. The highest BCUT2D eigenvalue weighted by atomic mass is 35.5. The average molecular weight is 435 g/mol. The number of hydrogen-bond acceptors (Lipinski definition) is 5. The zero-order chi connectivity index (χ0) is 21.8. The highest BCUT2D eigenvalue weighted by molar-refractivity contribution is 6.32. The number of benzene rings is 2. The third kappa shape index (κ3) is 4.90. The van der Waals surface area contributed by atoms with Gasteiger partial charge in [-0.15, -0.1) is 0 Å². The number of phenolic OH excluding ortho intramolecular Hbond substituents is 1. The zero-order valence-electron chi connectivity index (χ0n) is 17.4. The number of likely N-dealkylation sites (N-methyl/N-ethyl adjacent to an activating group) is 1. The van der Waals surface area contributed by atoms with E-state index in [1.54, 1.807) is 24.5 Å². The molecule has 6 heteroatoms. The molecule has 0 saturated heterocycles. The Morgan fingerprint density at radius 1 is 1.00 bits per heavy atom. The summed E-state index contributed by atoms with van der Waals surface area (Å²) in [6.07, 6.45) is 3.52. The van der Waals surface area contributed by atoms with Crippen molar-refractivity contribution in [3.63, 3.8) is 0 Å². The van der Waals surface area contributed by atoms with Crippen LogP contribution in [-0.4, -0.2) is 42.2 Å². The minimum atomic E-state index is 0.00785. The highest BCUT2D eigenvalue weighted by Crippen LogP contribution is 2.40. The quantitative estimate of drug-likeness (QED) is 0.388. The first-order valence-corrected chi connectivity index (χ1v) is 10.3. The minimum absolute atomic E-state index is 0.00785. The van der Waals surface area contributed by atoms with Crippen LogP contribution in [0.15, 0.2) is 77.5 Å². The fourth-order valence-corrected chi connectivity index (χ4v) is 3.32. The summed E-state index contributed by atoms with van der Waals surface area (Å²) in [6.45, 7) is 1.48. The van der Waals surface area contributed by atoms with Gasteiger partial charge in [-0.1, -0.05) is 17.7 Å². The van der Waals surface area contributed by atoms with Gasteiger partial charge in [0.05, 0.1) is 5.02 Å². The number of hydrogen-bond donors (Lipinski definition) is 1. The second-order valence-corrected chi connectivity index (χ2v) is 7.84. The molecule has 4 rings (SSSR count). The fourth-order valence-electron chi connectivity index (χ4n) is 3.20. The van der Waals surface area contributed by atoms with Crippen LogP contribution in [0.5, 0.6) is 11.5 Å². The van der Waals surface area contributed by atoms with Crippen molar-refractivity contribution in [2.75, 3.05) is 27.2 Å². The largest absolute Gasteiger partial charge is 0.506 e. The Morgan fingerprint density at radius 2 is 1.77 bits per heavy atom. The van der Waals surface area contributed by atoms with Gasteiger partial charge in [-0.2, -0.15) is 0 Å². The molecule has 2 heterocycles. The molecule has 1 N–H and O–H groups in total. The van der Waals surface area contributed by atoms with Crippen LogP contribution in [0.1, 0.15) is 0 Å². The van der Waals surface area contributed by atoms with Crippen LogP contribution in [0.3, 0.4) is 0 Å². The molecule has 0 saturated carbocycles. The van der Waals surface area contributed by atoms with E-state index in [-0.39, 0.29) is 5.75 Å². The molecule has 158 valence electrons. The van der Waals surface area contributed by atoms with Crippen molar-refractivity contribution in [1.29, 1.82) is 0 Å². The first-order valence-electron chi connectivity index (χ1n) is 9.92. The van der Waals surface area contributed by atoms with Gasteiger partial charge in [0.25, 0.3) is 0 Å². The number of rotatable bonds is 7. The molecule has 0 unspecified atom stereocenters. The lowest BCUT2D eigenvalue weighted by molar-refractivity contribution is 0.261. The molecule has 0 aliphatic rings. The second kappa shape index (κ2) is 9.25. The summed E-state index contributed by atoms with van der Waals surface area (Å²) in [5, 5.41) is 10.4. The molecule has 0 aliphatic carbocycles. The SMILES string of the molecule is CN(C)CCOc1ccc(-c2cc(-c3cccnc3)c(-c3ccc(Cl)c(O)c3)o2)cc1. The smallest absolute Gasteiger partial charge is 0.142 e. The van der Waals surface area contributed by atoms with Crippen molar-refractivity contribution in [2.45, 2.75) is 0 Å². The monoisotopic (exact) mass is 434 g/mol. The number of pyridine rings is 1. The van der Waals surface area contributed by atoms with E-state index in [4.69, 9.17) is 20.8 Å². The van der Waals surface area contributed by atoms with E-state index in [0.717, 1.165) is 34.5 Å². The first-order chi connectivity index (χ1) is 15.0. The standard InChI is InChI=1S/C25H23ClN2O3/c1-28(2)12-13-30-20-8-5-17(6-9-20)24-15-21(19-4-3-11-27-16-19)25(31-24)18-7-10-22(26)23(29)14-18/h3-11,14-16,29H,12-13H2,1-2H3. The van der Waals surface area contributed by atoms with Gasteiger partial charge in [0.15, 0.2) is 0 Å². The van der Waals surface area contributed by atoms with E-state index in [9.17, 15) is 5.11 Å². The second-order valence-electron chi connectivity index (χ2n) is 7.44. The molecule has 0 atom stereocenters. The molecular formula is C25H23ClN2O3. The Kier molecular flexibility index (Phi) is 6.26. The van der Waals surface area contributed by atoms with Gasteiger partial charge in [-0.25, -0.2) is 0 Å². The lowest BCUT2D eigenvalue weighted by Gasteiger charge is -2.11. The topological polar surface area (TPSA) is 58.7 Å². The summed E-state index contributed by atoms with van der Waals surface area (Å²) in [5.74, 6) is 2.17. The Labute approximate surface area is 186 Å². The van der Waals surface area contributed by atoms with Crippen molar-refractivity contribution in [3.8, 4) is 45.3 Å². The number of aromatic nitrogens is 1. The Morgan fingerprint density at radius 3 is 2.45 bits per heavy atom. The van der Waals surface area contributed by atoms with Crippen LogP contribution < -0.4 is 4.74 Å². The zero-order valence-corrected chi connectivity index (χ0v) is 18.1. The molecule has 0 amide bonds. The summed E-state index contributed by atoms with van der Waals surface area (Å²) >= 11 is 5.99. The van der Waals surface area contributed by atoms with Gasteiger partial charge in [0, 0.05) is 41.2 Å². The summed E-state index contributed by atoms with van der Waals surface area (Å²) in [7, 11) is 4.03. The van der Waals surface area contributed by atoms with Gasteiger partial charge < -0.3 is 19.2 Å². The molecule has 0 fully saturated rings. The lowest BCUT2D eigenvalue weighted by atomic mass is 10.0. The Bertz CT molecular complexity index is 1160. The number of halogens is 1. The minimum Gasteiger partial charge on any atom is -0.506 e. The third-order valence-corrected chi connectivity index (χ3v) is 5.18. The summed E-state index contributed by atoms with van der Waals surface area (Å²) in [6, 6.07) is 18.7. The Hall–Kier alpha value is -3.28. The Balaban J connectivity index is 1.69. The molecule has 0 bridgehead atoms. The molecule has 4 aromatic rings. The predicted molar refractivity (Wildman–Crippen MR) is 124 cm³/mol. The number of furan rings is 1. The maximum absolute atomic E-state index is 10.1. The molecular weight excluding hydrogens is 412 g/mol. The van der Waals surface area contributed by atoms with E-state index < -0.39 is 0 Å². The van der Waals surface area contributed by atoms with Gasteiger partial charge >= 0.3 is 0 Å². The maximum Gasteiger partial charge on any atom is 0.142 e. The molecule has 2 aromatic carbocycles. The van der Waals surface area contributed by atoms with E-state index in [2.05, 4.69) is 9.88 Å². The van der Waals surface area contributed by atoms with Crippen LogP contribution in [0.25, 0.3) is 33.8 Å². The van der Waals surface area contributed by atoms with Crippen molar-refractivity contribution in [3.05, 3.63) is 78.1 Å². The number of phenols is 1. The first kappa shape index (κ1) is 21.0. The van der Waals surface area contributed by atoms with E-state index >= 15 is 0 Å². The average Bonchev–Trinajstić information content (AvgIpc) is 3.22. The van der Waals surface area contributed by atoms with Gasteiger partial charge in [0.2, 0.25) is 0 Å². The fraction of sp³-hybridized carbons (Fsp3) is 0.160. The van der Waals surface area contributed by atoms with Gasteiger partial charge in [0.1, 0.15) is 29.6 Å². The number of aromatic hydroxyl groups is 1. The summed E-state index contributed by atoms with van der Waals surface area (Å²) in [4.78, 5) is 6.31. The molecule has 0 aliphatic heterocycles. The lowest BCUT2D eigenvalue weighted by Crippen LogP contribution is -2.19. The van der Waals surface area contributed by atoms with Crippen LogP contribution in [0.4, 0.5) is 0 Å². The van der Waals surface area contributed by atoms with Crippen molar-refractivity contribution in [2.24, 2.45) is 0 Å². The van der Waals surface area contributed by atoms with Crippen molar-refractivity contribution >= 4 is 11.6 Å². The molecule has 5 nitrogen and oxygen atoms in total. The maximum atomic E-state index is 10.1. The van der Waals surface area contributed by atoms with Crippen molar-refractivity contribution < 1.29 is 14.3 Å². The molecule has 31 heavy (non-hydrogen) atoms. The summed E-state index contributed by atoms with van der Waals surface area (Å²) < 4.78 is 12.0. The van der Waals surface area contributed by atoms with Crippen LogP contribution in [-0.2, 0) is 0 Å². The molecule has 2 aromatic heterocycles. The molecule has 0 radical (unpaired) electrons. The van der Waals surface area contributed by atoms with E-state index in [1.165, 1.54) is 0 Å². The van der Waals surface area contributed by atoms with Crippen molar-refractivity contribution in [1.82, 2.24) is 9.88 Å². The number of nitrogens with zero attached hydrogens (tertiary/aromatic N) is 2. The summed E-state index contributed by atoms with van der Waals surface area (Å²) in [5.41, 5.74) is 3.46. The van der Waals surface area contributed by atoms with Crippen LogP contribution in [0, 0.1) is 0 Å². The highest BCUT2D eigenvalue weighted by Gasteiger charge is 2.17. The van der Waals surface area contributed by atoms with E-state index in [0.29, 0.717) is 23.2 Å². The van der Waals surface area contributed by atoms with Gasteiger partial charge in [-0.05, 0) is 68.7 Å². The molecule has 0 spiro atoms. The number of ether oxygens (including phenoxy) is 1. The predicted octanol–water partition coefficient (Wildman–Crippen LogP) is 5.98. The van der Waals surface area contributed by atoms with Crippen LogP contribution in [0.2, 0.25) is 5.02 Å². The third-order valence-electron chi connectivity index (χ3n) is 4.86. The van der Waals surface area contributed by atoms with Gasteiger partial charge in [-0.3, -0.25) is 4.98 Å².